The molecule has 1 heterocycles. The molecule has 0 aromatic heterocycles. The fourth-order valence-corrected chi connectivity index (χ4v) is 3.90. The molecule has 0 spiro atoms. The lowest BCUT2D eigenvalue weighted by atomic mass is 10.1. The van der Waals surface area contributed by atoms with Crippen LogP contribution in [0.25, 0.3) is 0 Å². The van der Waals surface area contributed by atoms with E-state index >= 15 is 0 Å². The number of carbonyl (C=O) groups excluding carboxylic acids is 3. The molecule has 1 aliphatic carbocycles. The van der Waals surface area contributed by atoms with Gasteiger partial charge in [-0.1, -0.05) is 6.92 Å². The van der Waals surface area contributed by atoms with E-state index in [9.17, 15) is 14.4 Å². The van der Waals surface area contributed by atoms with E-state index in [4.69, 9.17) is 4.74 Å². The van der Waals surface area contributed by atoms with E-state index in [1.165, 1.54) is 4.90 Å². The first-order chi connectivity index (χ1) is 15.9. The maximum Gasteiger partial charge on any atom is 0.254 e. The van der Waals surface area contributed by atoms with Gasteiger partial charge in [0.15, 0.2) is 0 Å². The van der Waals surface area contributed by atoms with Crippen LogP contribution in [-0.4, -0.2) is 62.5 Å². The lowest BCUT2D eigenvalue weighted by molar-refractivity contribution is -0.118. The molecule has 2 aromatic carbocycles. The van der Waals surface area contributed by atoms with Crippen molar-refractivity contribution in [1.29, 1.82) is 0 Å². The molecule has 2 aromatic rings. The Kier molecular flexibility index (Phi) is 6.93. The highest BCUT2D eigenvalue weighted by molar-refractivity contribution is 6.00. The summed E-state index contributed by atoms with van der Waals surface area (Å²) in [5, 5.41) is 5.71. The van der Waals surface area contributed by atoms with E-state index in [2.05, 4.69) is 22.5 Å². The predicted molar refractivity (Wildman–Crippen MR) is 127 cm³/mol. The van der Waals surface area contributed by atoms with Crippen molar-refractivity contribution in [2.45, 2.75) is 13.3 Å². The Morgan fingerprint density at radius 2 is 1.55 bits per heavy atom. The number of hydrogen-bond acceptors (Lipinski definition) is 5. The topological polar surface area (TPSA) is 91.0 Å². The summed E-state index contributed by atoms with van der Waals surface area (Å²) >= 11 is 0. The molecule has 8 heteroatoms. The summed E-state index contributed by atoms with van der Waals surface area (Å²) < 4.78 is 5.37. The van der Waals surface area contributed by atoms with Gasteiger partial charge in [0.2, 0.25) is 11.8 Å². The van der Waals surface area contributed by atoms with Gasteiger partial charge in [0.05, 0.1) is 19.8 Å². The number of anilines is 3. The lowest BCUT2D eigenvalue weighted by Crippen LogP contribution is -2.36. The summed E-state index contributed by atoms with van der Waals surface area (Å²) in [4.78, 5) is 40.8. The van der Waals surface area contributed by atoms with E-state index in [0.717, 1.165) is 38.4 Å². The van der Waals surface area contributed by atoms with Crippen LogP contribution in [0, 0.1) is 11.8 Å². The van der Waals surface area contributed by atoms with Crippen molar-refractivity contribution in [1.82, 2.24) is 4.90 Å². The van der Waals surface area contributed by atoms with Gasteiger partial charge in [-0.25, -0.2) is 0 Å². The van der Waals surface area contributed by atoms with Crippen LogP contribution in [0.15, 0.2) is 48.5 Å². The van der Waals surface area contributed by atoms with Crippen LogP contribution in [0.1, 0.15) is 23.7 Å². The summed E-state index contributed by atoms with van der Waals surface area (Å²) in [6, 6.07) is 14.4. The Morgan fingerprint density at radius 3 is 2.15 bits per heavy atom. The Bertz CT molecular complexity index is 1000. The molecule has 2 aliphatic rings. The maximum atomic E-state index is 12.7. The average molecular weight is 451 g/mol. The van der Waals surface area contributed by atoms with Gasteiger partial charge in [-0.3, -0.25) is 14.4 Å². The molecule has 1 saturated carbocycles. The third-order valence-corrected chi connectivity index (χ3v) is 6.10. The molecular formula is C25H30N4O4. The van der Waals surface area contributed by atoms with Crippen LogP contribution in [0.4, 0.5) is 17.1 Å². The van der Waals surface area contributed by atoms with Crippen molar-refractivity contribution >= 4 is 34.8 Å². The summed E-state index contributed by atoms with van der Waals surface area (Å²) in [5.41, 5.74) is 2.90. The van der Waals surface area contributed by atoms with Crippen LogP contribution in [0.2, 0.25) is 0 Å². The second kappa shape index (κ2) is 10.0. The highest BCUT2D eigenvalue weighted by Gasteiger charge is 2.39. The van der Waals surface area contributed by atoms with Crippen LogP contribution < -0.4 is 15.5 Å². The van der Waals surface area contributed by atoms with Crippen LogP contribution >= 0.6 is 0 Å². The molecule has 0 radical (unpaired) electrons. The molecular weight excluding hydrogens is 420 g/mol. The first kappa shape index (κ1) is 22.8. The van der Waals surface area contributed by atoms with Gasteiger partial charge >= 0.3 is 0 Å². The van der Waals surface area contributed by atoms with E-state index in [-0.39, 0.29) is 30.2 Å². The summed E-state index contributed by atoms with van der Waals surface area (Å²) in [7, 11) is 1.59. The number of benzene rings is 2. The smallest absolute Gasteiger partial charge is 0.254 e. The maximum absolute atomic E-state index is 12.7. The Balaban J connectivity index is 1.26. The lowest BCUT2D eigenvalue weighted by Gasteiger charge is -2.28. The molecule has 1 aliphatic heterocycles. The number of morpholine rings is 1. The van der Waals surface area contributed by atoms with Gasteiger partial charge in [0.25, 0.3) is 5.91 Å². The summed E-state index contributed by atoms with van der Waals surface area (Å²) in [6.07, 6.45) is 0.924. The van der Waals surface area contributed by atoms with Crippen molar-refractivity contribution in [3.63, 3.8) is 0 Å². The average Bonchev–Trinajstić information content (AvgIpc) is 3.57. The van der Waals surface area contributed by atoms with Crippen LogP contribution in [-0.2, 0) is 14.3 Å². The van der Waals surface area contributed by atoms with Crippen molar-refractivity contribution < 1.29 is 19.1 Å². The molecule has 2 unspecified atom stereocenters. The van der Waals surface area contributed by atoms with Crippen LogP contribution in [0.3, 0.4) is 0 Å². The Morgan fingerprint density at radius 1 is 0.970 bits per heavy atom. The van der Waals surface area contributed by atoms with Crippen molar-refractivity contribution in [2.24, 2.45) is 11.8 Å². The molecule has 0 bridgehead atoms. The molecule has 1 saturated heterocycles. The number of likely N-dealkylation sites (N-methyl/N-ethyl adjacent to an activating group) is 1. The minimum Gasteiger partial charge on any atom is -0.378 e. The number of nitrogens with zero attached hydrogens (tertiary/aromatic N) is 2. The molecule has 4 rings (SSSR count). The van der Waals surface area contributed by atoms with Gasteiger partial charge in [-0.2, -0.15) is 0 Å². The van der Waals surface area contributed by atoms with E-state index in [1.54, 1.807) is 31.3 Å². The second-order valence-corrected chi connectivity index (χ2v) is 8.74. The number of hydrogen-bond donors (Lipinski definition) is 2. The summed E-state index contributed by atoms with van der Waals surface area (Å²) in [5.74, 6) is 0.0159. The normalized spacial score (nSPS) is 19.5. The predicted octanol–water partition coefficient (Wildman–Crippen LogP) is 2.83. The molecule has 8 nitrogen and oxygen atoms in total. The number of ether oxygens (including phenoxy) is 1. The number of amides is 3. The number of nitrogens with one attached hydrogen (secondary N) is 2. The van der Waals surface area contributed by atoms with Crippen molar-refractivity contribution in [3.8, 4) is 0 Å². The quantitative estimate of drug-likeness (QED) is 0.677. The van der Waals surface area contributed by atoms with E-state index in [0.29, 0.717) is 22.9 Å². The zero-order chi connectivity index (χ0) is 23.4. The van der Waals surface area contributed by atoms with Crippen LogP contribution in [0.5, 0.6) is 0 Å². The van der Waals surface area contributed by atoms with Gasteiger partial charge < -0.3 is 25.2 Å². The Hall–Kier alpha value is -3.39. The second-order valence-electron chi connectivity index (χ2n) is 8.74. The monoisotopic (exact) mass is 450 g/mol. The number of carbonyl (C=O) groups is 3. The van der Waals surface area contributed by atoms with Gasteiger partial charge in [-0.05, 0) is 60.9 Å². The fourth-order valence-electron chi connectivity index (χ4n) is 3.90. The fraction of sp³-hybridized carbons (Fsp3) is 0.400. The molecule has 2 atom stereocenters. The highest BCUT2D eigenvalue weighted by atomic mass is 16.5. The third kappa shape index (κ3) is 5.90. The molecule has 174 valence electrons. The van der Waals surface area contributed by atoms with Crippen molar-refractivity contribution in [2.75, 3.05) is 55.4 Å². The van der Waals surface area contributed by atoms with E-state index in [1.807, 2.05) is 24.3 Å². The minimum absolute atomic E-state index is 0.0216. The first-order valence-electron chi connectivity index (χ1n) is 11.3. The molecule has 33 heavy (non-hydrogen) atoms. The highest BCUT2D eigenvalue weighted by Crippen LogP contribution is 2.38. The zero-order valence-corrected chi connectivity index (χ0v) is 19.0. The SMILES string of the molecule is CC1CC1C(=O)Nc1ccc(C(=O)N(C)CC(=O)Nc2ccc(N3CCOCC3)cc2)cc1. The van der Waals surface area contributed by atoms with Gasteiger partial charge in [0, 0.05) is 48.7 Å². The molecule has 3 amide bonds. The first-order valence-corrected chi connectivity index (χ1v) is 11.3. The van der Waals surface area contributed by atoms with Gasteiger partial charge in [0.1, 0.15) is 0 Å². The standard InChI is InChI=1S/C25H30N4O4/c1-17-15-22(17)24(31)27-20-5-3-18(4-6-20)25(32)28(2)16-23(30)26-19-7-9-21(10-8-19)29-11-13-33-14-12-29/h3-10,17,22H,11-16H2,1-2H3,(H,26,30)(H,27,31). The largest absolute Gasteiger partial charge is 0.378 e. The molecule has 2 fully saturated rings. The van der Waals surface area contributed by atoms with Crippen molar-refractivity contribution in [3.05, 3.63) is 54.1 Å². The van der Waals surface area contributed by atoms with E-state index < -0.39 is 0 Å². The number of rotatable bonds is 7. The van der Waals surface area contributed by atoms with Gasteiger partial charge in [-0.15, -0.1) is 0 Å². The summed E-state index contributed by atoms with van der Waals surface area (Å²) in [6.45, 7) is 5.13. The zero-order valence-electron chi connectivity index (χ0n) is 19.0. The Labute approximate surface area is 193 Å². The third-order valence-electron chi connectivity index (χ3n) is 6.10. The molecule has 2 N–H and O–H groups in total. The minimum atomic E-state index is -0.271.